The van der Waals surface area contributed by atoms with Crippen molar-refractivity contribution in [2.45, 2.75) is 6.92 Å². The average molecular weight is 244 g/mol. The van der Waals surface area contributed by atoms with Crippen molar-refractivity contribution in [3.63, 3.8) is 0 Å². The fourth-order valence-electron chi connectivity index (χ4n) is 2.00. The molecule has 0 spiro atoms. The Morgan fingerprint density at radius 3 is 2.78 bits per heavy atom. The van der Waals surface area contributed by atoms with Gasteiger partial charge in [0.25, 0.3) is 0 Å². The molecule has 0 radical (unpaired) electrons. The first-order valence-corrected chi connectivity index (χ1v) is 5.63. The lowest BCUT2D eigenvalue weighted by Crippen LogP contribution is -2.30. The van der Waals surface area contributed by atoms with Gasteiger partial charge >= 0.3 is 0 Å². The summed E-state index contributed by atoms with van der Waals surface area (Å²) in [5, 5.41) is 1.86. The molecule has 94 valence electrons. The molecule has 1 amide bonds. The number of anilines is 2. The lowest BCUT2D eigenvalue weighted by molar-refractivity contribution is -0.116. The van der Waals surface area contributed by atoms with E-state index in [0.717, 1.165) is 22.2 Å². The summed E-state index contributed by atoms with van der Waals surface area (Å²) in [7, 11) is 1.82. The molecule has 5 heteroatoms. The number of benzene rings is 1. The third-order valence-electron chi connectivity index (χ3n) is 2.85. The summed E-state index contributed by atoms with van der Waals surface area (Å²) < 4.78 is 0. The predicted molar refractivity (Wildman–Crippen MR) is 73.4 cm³/mol. The van der Waals surface area contributed by atoms with Gasteiger partial charge in [-0.1, -0.05) is 0 Å². The molecule has 0 fully saturated rings. The number of aromatic nitrogens is 1. The minimum Gasteiger partial charge on any atom is -0.398 e. The van der Waals surface area contributed by atoms with Crippen LogP contribution in [0, 0.1) is 6.92 Å². The van der Waals surface area contributed by atoms with Crippen LogP contribution in [0.2, 0.25) is 0 Å². The molecule has 1 aromatic carbocycles. The maximum absolute atomic E-state index is 11.0. The van der Waals surface area contributed by atoms with Crippen molar-refractivity contribution in [3.05, 3.63) is 30.1 Å². The zero-order valence-corrected chi connectivity index (χ0v) is 10.5. The number of aryl methyl sites for hydroxylation is 1. The molecule has 0 aliphatic carbocycles. The van der Waals surface area contributed by atoms with Gasteiger partial charge in [0.2, 0.25) is 5.91 Å². The first kappa shape index (κ1) is 12.2. The summed E-state index contributed by atoms with van der Waals surface area (Å²) in [5.74, 6) is -0.367. The quantitative estimate of drug-likeness (QED) is 0.790. The third kappa shape index (κ3) is 2.20. The fraction of sp³-hybridized carbons (Fsp3) is 0.231. The summed E-state index contributed by atoms with van der Waals surface area (Å²) in [5.41, 5.74) is 13.6. The van der Waals surface area contributed by atoms with Crippen LogP contribution in [-0.2, 0) is 4.79 Å². The molecule has 0 saturated carbocycles. The molecule has 2 rings (SSSR count). The molecule has 2 aromatic rings. The number of carbonyl (C=O) groups excluding carboxylic acids is 1. The van der Waals surface area contributed by atoms with Gasteiger partial charge in [0.05, 0.1) is 6.54 Å². The van der Waals surface area contributed by atoms with E-state index in [1.54, 1.807) is 6.20 Å². The van der Waals surface area contributed by atoms with Gasteiger partial charge in [0, 0.05) is 41.1 Å². The zero-order chi connectivity index (χ0) is 13.3. The Morgan fingerprint density at radius 1 is 1.39 bits per heavy atom. The SMILES string of the molecule is Cc1cc2c(N(C)CC(N)=O)ccc(N)c2cn1. The number of likely N-dealkylation sites (N-methyl/N-ethyl adjacent to an activating group) is 1. The second-order valence-electron chi connectivity index (χ2n) is 4.37. The average Bonchev–Trinajstić information content (AvgIpc) is 2.28. The number of nitrogen functional groups attached to an aromatic ring is 1. The number of amides is 1. The summed E-state index contributed by atoms with van der Waals surface area (Å²) in [6, 6.07) is 5.66. The van der Waals surface area contributed by atoms with Crippen LogP contribution in [0.4, 0.5) is 11.4 Å². The van der Waals surface area contributed by atoms with Crippen molar-refractivity contribution < 1.29 is 4.79 Å². The predicted octanol–water partition coefficient (Wildman–Crippen LogP) is 1.05. The Balaban J connectivity index is 2.60. The van der Waals surface area contributed by atoms with Crippen molar-refractivity contribution in [3.8, 4) is 0 Å². The molecule has 0 bridgehead atoms. The molecule has 18 heavy (non-hydrogen) atoms. The van der Waals surface area contributed by atoms with Crippen LogP contribution in [0.5, 0.6) is 0 Å². The lowest BCUT2D eigenvalue weighted by Gasteiger charge is -2.20. The maximum Gasteiger partial charge on any atom is 0.236 e. The van der Waals surface area contributed by atoms with E-state index in [1.807, 2.05) is 37.1 Å². The lowest BCUT2D eigenvalue weighted by atomic mass is 10.1. The van der Waals surface area contributed by atoms with Gasteiger partial charge in [-0.05, 0) is 25.1 Å². The number of nitrogens with two attached hydrogens (primary N) is 2. The number of nitrogens with zero attached hydrogens (tertiary/aromatic N) is 2. The Labute approximate surface area is 105 Å². The number of rotatable bonds is 3. The van der Waals surface area contributed by atoms with Gasteiger partial charge in [-0.25, -0.2) is 0 Å². The standard InChI is InChI=1S/C13H16N4O/c1-8-5-9-10(6-16-8)11(14)3-4-12(9)17(2)7-13(15)18/h3-6H,7,14H2,1-2H3,(H2,15,18). The summed E-state index contributed by atoms with van der Waals surface area (Å²) in [6.45, 7) is 2.08. The summed E-state index contributed by atoms with van der Waals surface area (Å²) >= 11 is 0. The van der Waals surface area contributed by atoms with Crippen molar-refractivity contribution in [1.29, 1.82) is 0 Å². The molecule has 0 unspecified atom stereocenters. The van der Waals surface area contributed by atoms with Crippen LogP contribution in [-0.4, -0.2) is 24.5 Å². The molecular formula is C13H16N4O. The van der Waals surface area contributed by atoms with E-state index in [4.69, 9.17) is 11.5 Å². The number of carbonyl (C=O) groups is 1. The second kappa shape index (κ2) is 4.52. The highest BCUT2D eigenvalue weighted by Crippen LogP contribution is 2.30. The molecular weight excluding hydrogens is 228 g/mol. The molecule has 0 aliphatic heterocycles. The first-order valence-electron chi connectivity index (χ1n) is 5.63. The number of fused-ring (bicyclic) bond motifs is 1. The Hall–Kier alpha value is -2.30. The van der Waals surface area contributed by atoms with Gasteiger partial charge < -0.3 is 16.4 Å². The zero-order valence-electron chi connectivity index (χ0n) is 10.5. The summed E-state index contributed by atoms with van der Waals surface area (Å²) in [4.78, 5) is 17.0. The van der Waals surface area contributed by atoms with Gasteiger partial charge in [-0.2, -0.15) is 0 Å². The van der Waals surface area contributed by atoms with Crippen molar-refractivity contribution >= 4 is 28.1 Å². The van der Waals surface area contributed by atoms with Crippen LogP contribution >= 0.6 is 0 Å². The minimum absolute atomic E-state index is 0.167. The number of primary amides is 1. The topological polar surface area (TPSA) is 85.2 Å². The van der Waals surface area contributed by atoms with Crippen LogP contribution in [0.15, 0.2) is 24.4 Å². The molecule has 1 aromatic heterocycles. The highest BCUT2D eigenvalue weighted by Gasteiger charge is 2.10. The van der Waals surface area contributed by atoms with E-state index in [9.17, 15) is 4.79 Å². The molecule has 5 nitrogen and oxygen atoms in total. The molecule has 1 heterocycles. The van der Waals surface area contributed by atoms with Crippen LogP contribution in [0.3, 0.4) is 0 Å². The highest BCUT2D eigenvalue weighted by molar-refractivity contribution is 6.01. The van der Waals surface area contributed by atoms with Gasteiger partial charge in [0.1, 0.15) is 0 Å². The van der Waals surface area contributed by atoms with E-state index in [2.05, 4.69) is 4.98 Å². The van der Waals surface area contributed by atoms with Crippen LogP contribution in [0.25, 0.3) is 10.8 Å². The third-order valence-corrected chi connectivity index (χ3v) is 2.85. The first-order chi connectivity index (χ1) is 8.49. The second-order valence-corrected chi connectivity index (χ2v) is 4.37. The smallest absolute Gasteiger partial charge is 0.236 e. The van der Waals surface area contributed by atoms with E-state index >= 15 is 0 Å². The normalized spacial score (nSPS) is 10.6. The van der Waals surface area contributed by atoms with E-state index in [-0.39, 0.29) is 12.5 Å². The van der Waals surface area contributed by atoms with Crippen LogP contribution in [0.1, 0.15) is 5.69 Å². The monoisotopic (exact) mass is 244 g/mol. The van der Waals surface area contributed by atoms with Gasteiger partial charge in [-0.3, -0.25) is 9.78 Å². The molecule has 0 atom stereocenters. The molecule has 4 N–H and O–H groups in total. The van der Waals surface area contributed by atoms with Crippen LogP contribution < -0.4 is 16.4 Å². The number of hydrogen-bond acceptors (Lipinski definition) is 4. The number of hydrogen-bond donors (Lipinski definition) is 2. The Morgan fingerprint density at radius 2 is 2.11 bits per heavy atom. The fourth-order valence-corrected chi connectivity index (χ4v) is 2.00. The van der Waals surface area contributed by atoms with E-state index in [1.165, 1.54) is 0 Å². The van der Waals surface area contributed by atoms with Gasteiger partial charge in [-0.15, -0.1) is 0 Å². The minimum atomic E-state index is -0.367. The largest absolute Gasteiger partial charge is 0.398 e. The van der Waals surface area contributed by atoms with Crippen molar-refractivity contribution in [2.24, 2.45) is 5.73 Å². The highest BCUT2D eigenvalue weighted by atomic mass is 16.1. The van der Waals surface area contributed by atoms with Crippen molar-refractivity contribution in [2.75, 3.05) is 24.2 Å². The maximum atomic E-state index is 11.0. The molecule has 0 aliphatic rings. The van der Waals surface area contributed by atoms with E-state index in [0.29, 0.717) is 5.69 Å². The summed E-state index contributed by atoms with van der Waals surface area (Å²) in [6.07, 6.45) is 1.75. The number of pyridine rings is 1. The van der Waals surface area contributed by atoms with E-state index < -0.39 is 0 Å². The van der Waals surface area contributed by atoms with Gasteiger partial charge in [0.15, 0.2) is 0 Å². The van der Waals surface area contributed by atoms with Crippen molar-refractivity contribution in [1.82, 2.24) is 4.98 Å². The Kier molecular flexibility index (Phi) is 3.06. The Bertz CT molecular complexity index is 609. The molecule has 0 saturated heterocycles.